The smallest absolute Gasteiger partial charge is 0.0624 e. The first kappa shape index (κ1) is 7.49. The molecule has 46 valence electrons. The van der Waals surface area contributed by atoms with Gasteiger partial charge in [0.05, 0.1) is 6.07 Å². The minimum Gasteiger partial charge on any atom is -0.198 e. The van der Waals surface area contributed by atoms with Crippen molar-refractivity contribution in [3.05, 3.63) is 0 Å². The summed E-state index contributed by atoms with van der Waals surface area (Å²) in [5, 5.41) is 8.21. The summed E-state index contributed by atoms with van der Waals surface area (Å²) >= 11 is 0. The molecule has 1 atom stereocenters. The summed E-state index contributed by atoms with van der Waals surface area (Å²) in [4.78, 5) is 0. The molecular weight excluding hydrogens is 98.1 g/mol. The van der Waals surface area contributed by atoms with Gasteiger partial charge >= 0.3 is 0 Å². The van der Waals surface area contributed by atoms with Gasteiger partial charge in [-0.25, -0.2) is 0 Å². The molecule has 0 saturated heterocycles. The Hall–Kier alpha value is -0.510. The summed E-state index contributed by atoms with van der Waals surface area (Å²) in [5.74, 6) is 0.602. The fourth-order valence-corrected chi connectivity index (χ4v) is 0.751. The third-order valence-corrected chi connectivity index (χ3v) is 1.22. The first-order valence-electron chi connectivity index (χ1n) is 3.18. The predicted molar refractivity (Wildman–Crippen MR) is 34.3 cm³/mol. The van der Waals surface area contributed by atoms with E-state index in [4.69, 9.17) is 5.26 Å². The molecule has 0 saturated carbocycles. The lowest BCUT2D eigenvalue weighted by Crippen LogP contribution is -1.89. The van der Waals surface area contributed by atoms with E-state index in [0.717, 1.165) is 0 Å². The standard InChI is InChI=1S/C7H13N/c1-3-4-7(2)5-6-8/h7H,3-5H2,1-2H3. The van der Waals surface area contributed by atoms with E-state index in [1.54, 1.807) is 0 Å². The lowest BCUT2D eigenvalue weighted by Gasteiger charge is -2.00. The average Bonchev–Trinajstić information content (AvgIpc) is 1.68. The van der Waals surface area contributed by atoms with Crippen LogP contribution in [0.5, 0.6) is 0 Å². The van der Waals surface area contributed by atoms with E-state index in [1.807, 2.05) is 0 Å². The molecule has 1 nitrogen and oxygen atoms in total. The van der Waals surface area contributed by atoms with Crippen LogP contribution in [0.3, 0.4) is 0 Å². The summed E-state index contributed by atoms with van der Waals surface area (Å²) in [5.41, 5.74) is 0. The van der Waals surface area contributed by atoms with Crippen LogP contribution in [-0.4, -0.2) is 0 Å². The maximum Gasteiger partial charge on any atom is 0.0624 e. The largest absolute Gasteiger partial charge is 0.198 e. The van der Waals surface area contributed by atoms with Gasteiger partial charge in [0.25, 0.3) is 0 Å². The second-order valence-electron chi connectivity index (χ2n) is 2.26. The molecule has 1 unspecified atom stereocenters. The van der Waals surface area contributed by atoms with E-state index in [9.17, 15) is 0 Å². The van der Waals surface area contributed by atoms with Gasteiger partial charge in [0.15, 0.2) is 0 Å². The molecule has 0 spiro atoms. The normalized spacial score (nSPS) is 12.6. The highest BCUT2D eigenvalue weighted by atomic mass is 14.2. The van der Waals surface area contributed by atoms with Gasteiger partial charge in [0.1, 0.15) is 0 Å². The van der Waals surface area contributed by atoms with Gasteiger partial charge in [0, 0.05) is 6.42 Å². The minimum atomic E-state index is 0.602. The van der Waals surface area contributed by atoms with Crippen LogP contribution in [0.25, 0.3) is 0 Å². The number of rotatable bonds is 3. The summed E-state index contributed by atoms with van der Waals surface area (Å²) in [7, 11) is 0. The molecule has 0 aliphatic heterocycles. The van der Waals surface area contributed by atoms with Crippen LogP contribution in [0.2, 0.25) is 0 Å². The second kappa shape index (κ2) is 4.64. The molecule has 0 aliphatic carbocycles. The van der Waals surface area contributed by atoms with E-state index in [2.05, 4.69) is 19.9 Å². The highest BCUT2D eigenvalue weighted by Crippen LogP contribution is 2.07. The molecule has 0 aromatic carbocycles. The Balaban J connectivity index is 3.08. The molecule has 0 aromatic rings. The fourth-order valence-electron chi connectivity index (χ4n) is 0.751. The third-order valence-electron chi connectivity index (χ3n) is 1.22. The van der Waals surface area contributed by atoms with Crippen LogP contribution in [-0.2, 0) is 0 Å². The summed E-state index contributed by atoms with van der Waals surface area (Å²) in [6.07, 6.45) is 3.10. The van der Waals surface area contributed by atoms with Gasteiger partial charge in [-0.15, -0.1) is 0 Å². The van der Waals surface area contributed by atoms with Crippen molar-refractivity contribution in [3.63, 3.8) is 0 Å². The molecule has 0 N–H and O–H groups in total. The van der Waals surface area contributed by atoms with Gasteiger partial charge < -0.3 is 0 Å². The van der Waals surface area contributed by atoms with Crippen molar-refractivity contribution in [2.24, 2.45) is 5.92 Å². The molecule has 0 rings (SSSR count). The zero-order chi connectivity index (χ0) is 6.41. The van der Waals surface area contributed by atoms with Crippen molar-refractivity contribution in [2.45, 2.75) is 33.1 Å². The Kier molecular flexibility index (Phi) is 4.35. The topological polar surface area (TPSA) is 23.8 Å². The monoisotopic (exact) mass is 111 g/mol. The summed E-state index contributed by atoms with van der Waals surface area (Å²) in [6, 6.07) is 2.15. The summed E-state index contributed by atoms with van der Waals surface area (Å²) in [6.45, 7) is 4.26. The van der Waals surface area contributed by atoms with Crippen LogP contribution in [0.1, 0.15) is 33.1 Å². The Morgan fingerprint density at radius 3 is 2.62 bits per heavy atom. The van der Waals surface area contributed by atoms with E-state index in [1.165, 1.54) is 12.8 Å². The SMILES string of the molecule is CCCC(C)CC#N. The molecule has 0 bridgehead atoms. The first-order chi connectivity index (χ1) is 3.81. The number of hydrogen-bond acceptors (Lipinski definition) is 1. The Bertz CT molecular complexity index is 80.9. The van der Waals surface area contributed by atoms with E-state index < -0.39 is 0 Å². The average molecular weight is 111 g/mol. The van der Waals surface area contributed by atoms with Gasteiger partial charge in [0.2, 0.25) is 0 Å². The quantitative estimate of drug-likeness (QED) is 0.548. The zero-order valence-electron chi connectivity index (χ0n) is 5.65. The van der Waals surface area contributed by atoms with E-state index >= 15 is 0 Å². The van der Waals surface area contributed by atoms with Crippen LogP contribution >= 0.6 is 0 Å². The van der Waals surface area contributed by atoms with Gasteiger partial charge in [-0.05, 0) is 12.3 Å². The van der Waals surface area contributed by atoms with Crippen LogP contribution in [0.4, 0.5) is 0 Å². The zero-order valence-corrected chi connectivity index (χ0v) is 5.65. The molecule has 0 fully saturated rings. The Labute approximate surface area is 51.3 Å². The van der Waals surface area contributed by atoms with Crippen molar-refractivity contribution in [1.82, 2.24) is 0 Å². The van der Waals surface area contributed by atoms with Crippen LogP contribution in [0, 0.1) is 17.2 Å². The van der Waals surface area contributed by atoms with Crippen molar-refractivity contribution < 1.29 is 0 Å². The summed E-state index contributed by atoms with van der Waals surface area (Å²) < 4.78 is 0. The lowest BCUT2D eigenvalue weighted by molar-refractivity contribution is 0.537. The molecule has 1 heteroatoms. The van der Waals surface area contributed by atoms with Crippen molar-refractivity contribution in [2.75, 3.05) is 0 Å². The minimum absolute atomic E-state index is 0.602. The second-order valence-corrected chi connectivity index (χ2v) is 2.26. The maximum absolute atomic E-state index is 8.21. The van der Waals surface area contributed by atoms with E-state index in [0.29, 0.717) is 12.3 Å². The number of hydrogen-bond donors (Lipinski definition) is 0. The molecule has 0 amide bonds. The highest BCUT2D eigenvalue weighted by Gasteiger charge is 1.96. The molecule has 0 aromatic heterocycles. The maximum atomic E-state index is 8.21. The van der Waals surface area contributed by atoms with Crippen LogP contribution < -0.4 is 0 Å². The lowest BCUT2D eigenvalue weighted by atomic mass is 10.0. The number of nitrogens with zero attached hydrogens (tertiary/aromatic N) is 1. The van der Waals surface area contributed by atoms with Gasteiger partial charge in [-0.2, -0.15) is 5.26 Å². The third kappa shape index (κ3) is 3.67. The van der Waals surface area contributed by atoms with Gasteiger partial charge in [-0.3, -0.25) is 0 Å². The van der Waals surface area contributed by atoms with Gasteiger partial charge in [-0.1, -0.05) is 20.3 Å². The molecule has 0 aliphatic rings. The van der Waals surface area contributed by atoms with E-state index in [-0.39, 0.29) is 0 Å². The highest BCUT2D eigenvalue weighted by molar-refractivity contribution is 4.72. The first-order valence-corrected chi connectivity index (χ1v) is 3.18. The van der Waals surface area contributed by atoms with Crippen LogP contribution in [0.15, 0.2) is 0 Å². The number of nitriles is 1. The fraction of sp³-hybridized carbons (Fsp3) is 0.857. The Morgan fingerprint density at radius 2 is 2.25 bits per heavy atom. The molecule has 0 radical (unpaired) electrons. The molecule has 0 heterocycles. The molecular formula is C7H13N. The van der Waals surface area contributed by atoms with Crippen molar-refractivity contribution in [1.29, 1.82) is 5.26 Å². The predicted octanol–water partition coefficient (Wildman–Crippen LogP) is 2.34. The van der Waals surface area contributed by atoms with Crippen molar-refractivity contribution in [3.8, 4) is 6.07 Å². The molecule has 8 heavy (non-hydrogen) atoms. The van der Waals surface area contributed by atoms with Crippen molar-refractivity contribution >= 4 is 0 Å². The Morgan fingerprint density at radius 1 is 1.62 bits per heavy atom.